The summed E-state index contributed by atoms with van der Waals surface area (Å²) in [7, 11) is 0. The van der Waals surface area contributed by atoms with Crippen LogP contribution in [0, 0.1) is 0 Å². The van der Waals surface area contributed by atoms with Crippen molar-refractivity contribution in [1.82, 2.24) is 5.32 Å². The average molecular weight is 804 g/mol. The average Bonchev–Trinajstić information content (AvgIpc) is 3.21. The van der Waals surface area contributed by atoms with Gasteiger partial charge in [-0.05, 0) is 57.8 Å². The Morgan fingerprint density at radius 2 is 0.825 bits per heavy atom. The highest BCUT2D eigenvalue weighted by Crippen LogP contribution is 2.15. The van der Waals surface area contributed by atoms with E-state index in [9.17, 15) is 19.8 Å². The Kier molecular flexibility index (Phi) is 45.7. The Bertz CT molecular complexity index is 889. The Hall–Kier alpha value is -1.66. The lowest BCUT2D eigenvalue weighted by Gasteiger charge is -2.20. The summed E-state index contributed by atoms with van der Waals surface area (Å²) in [6.07, 6.45) is 54.5. The first kappa shape index (κ1) is 55.3. The number of hydrogen-bond acceptors (Lipinski definition) is 5. The van der Waals surface area contributed by atoms with Crippen LogP contribution in [0.15, 0.2) is 24.3 Å². The number of aliphatic hydroxyl groups is 2. The lowest BCUT2D eigenvalue weighted by Crippen LogP contribution is -2.45. The van der Waals surface area contributed by atoms with Crippen LogP contribution in [0.5, 0.6) is 0 Å². The predicted octanol–water partition coefficient (Wildman–Crippen LogP) is 14.7. The second kappa shape index (κ2) is 47.0. The molecule has 0 bridgehead atoms. The van der Waals surface area contributed by atoms with Gasteiger partial charge >= 0.3 is 5.97 Å². The van der Waals surface area contributed by atoms with Crippen molar-refractivity contribution in [2.24, 2.45) is 0 Å². The minimum absolute atomic E-state index is 0.0302. The summed E-state index contributed by atoms with van der Waals surface area (Å²) in [6, 6.07) is -0.644. The maximum absolute atomic E-state index is 12.4. The second-order valence-electron chi connectivity index (χ2n) is 17.1. The molecule has 0 rings (SSSR count). The smallest absolute Gasteiger partial charge is 0.305 e. The molecule has 6 heteroatoms. The van der Waals surface area contributed by atoms with Crippen LogP contribution in [0.2, 0.25) is 0 Å². The van der Waals surface area contributed by atoms with Gasteiger partial charge in [-0.3, -0.25) is 9.59 Å². The zero-order chi connectivity index (χ0) is 41.5. The third-order valence-corrected chi connectivity index (χ3v) is 11.5. The number of unbranched alkanes of at least 4 members (excludes halogenated alkanes) is 33. The number of rotatable bonds is 46. The lowest BCUT2D eigenvalue weighted by atomic mass is 10.0. The van der Waals surface area contributed by atoms with Crippen molar-refractivity contribution >= 4 is 11.9 Å². The van der Waals surface area contributed by atoms with E-state index in [0.717, 1.165) is 57.8 Å². The van der Waals surface area contributed by atoms with E-state index in [2.05, 4.69) is 31.3 Å². The van der Waals surface area contributed by atoms with Gasteiger partial charge in [-0.2, -0.15) is 0 Å². The van der Waals surface area contributed by atoms with Gasteiger partial charge in [0.25, 0.3) is 0 Å². The molecular weight excluding hydrogens is 707 g/mol. The number of aliphatic hydroxyl groups excluding tert-OH is 2. The van der Waals surface area contributed by atoms with Crippen molar-refractivity contribution in [3.8, 4) is 0 Å². The first-order chi connectivity index (χ1) is 28.0. The topological polar surface area (TPSA) is 95.9 Å². The summed E-state index contributed by atoms with van der Waals surface area (Å²) in [5.41, 5.74) is 0. The van der Waals surface area contributed by atoms with Crippen LogP contribution in [-0.4, -0.2) is 47.4 Å². The van der Waals surface area contributed by atoms with E-state index in [-0.39, 0.29) is 18.5 Å². The van der Waals surface area contributed by atoms with E-state index in [1.54, 1.807) is 6.08 Å². The quantitative estimate of drug-likeness (QED) is 0.0324. The van der Waals surface area contributed by atoms with Crippen LogP contribution in [0.1, 0.15) is 264 Å². The summed E-state index contributed by atoms with van der Waals surface area (Å²) in [5.74, 6) is -0.121. The monoisotopic (exact) mass is 804 g/mol. The van der Waals surface area contributed by atoms with Gasteiger partial charge < -0.3 is 20.3 Å². The van der Waals surface area contributed by atoms with Gasteiger partial charge in [0.05, 0.1) is 25.4 Å². The van der Waals surface area contributed by atoms with Crippen LogP contribution in [-0.2, 0) is 14.3 Å². The minimum Gasteiger partial charge on any atom is -0.466 e. The highest BCUT2D eigenvalue weighted by atomic mass is 16.5. The molecule has 1 amide bonds. The van der Waals surface area contributed by atoms with Crippen molar-refractivity contribution in [2.75, 3.05) is 13.2 Å². The van der Waals surface area contributed by atoms with E-state index in [1.807, 2.05) is 6.08 Å². The van der Waals surface area contributed by atoms with Crippen LogP contribution in [0.25, 0.3) is 0 Å². The lowest BCUT2D eigenvalue weighted by molar-refractivity contribution is -0.143. The fourth-order valence-electron chi connectivity index (χ4n) is 7.57. The molecule has 2 atom stereocenters. The number of carbonyl (C=O) groups excluding carboxylic acids is 2. The summed E-state index contributed by atoms with van der Waals surface area (Å²) >= 11 is 0. The molecule has 0 spiro atoms. The van der Waals surface area contributed by atoms with Gasteiger partial charge in [0.1, 0.15) is 0 Å². The highest BCUT2D eigenvalue weighted by Gasteiger charge is 2.18. The molecular formula is C51H97NO5. The first-order valence-corrected chi connectivity index (χ1v) is 25.1. The molecule has 336 valence electrons. The summed E-state index contributed by atoms with van der Waals surface area (Å²) in [5, 5.41) is 23.1. The van der Waals surface area contributed by atoms with Crippen molar-refractivity contribution in [3.63, 3.8) is 0 Å². The van der Waals surface area contributed by atoms with E-state index in [0.29, 0.717) is 19.4 Å². The molecule has 0 radical (unpaired) electrons. The zero-order valence-electron chi connectivity index (χ0n) is 38.1. The Morgan fingerprint density at radius 3 is 1.26 bits per heavy atom. The number of hydrogen-bond donors (Lipinski definition) is 3. The predicted molar refractivity (Wildman–Crippen MR) is 246 cm³/mol. The number of nitrogens with one attached hydrogen (secondary N) is 1. The molecule has 2 unspecified atom stereocenters. The molecule has 57 heavy (non-hydrogen) atoms. The van der Waals surface area contributed by atoms with E-state index < -0.39 is 12.1 Å². The Balaban J connectivity index is 3.53. The summed E-state index contributed by atoms with van der Waals surface area (Å²) in [4.78, 5) is 24.4. The minimum atomic E-state index is -0.859. The third-order valence-electron chi connectivity index (χ3n) is 11.5. The van der Waals surface area contributed by atoms with E-state index in [4.69, 9.17) is 4.74 Å². The highest BCUT2D eigenvalue weighted by molar-refractivity contribution is 5.76. The Morgan fingerprint density at radius 1 is 0.474 bits per heavy atom. The van der Waals surface area contributed by atoms with Crippen molar-refractivity contribution in [1.29, 1.82) is 0 Å². The number of carbonyl (C=O) groups is 2. The molecule has 0 saturated carbocycles. The number of allylic oxidation sites excluding steroid dienone is 3. The largest absolute Gasteiger partial charge is 0.466 e. The molecule has 0 aliphatic heterocycles. The molecule has 0 aliphatic rings. The number of esters is 1. The van der Waals surface area contributed by atoms with Gasteiger partial charge in [-0.1, -0.05) is 218 Å². The summed E-state index contributed by atoms with van der Waals surface area (Å²) in [6.45, 7) is 4.83. The molecule has 0 fully saturated rings. The number of amides is 1. The third kappa shape index (κ3) is 43.7. The molecule has 0 aliphatic carbocycles. The van der Waals surface area contributed by atoms with Crippen molar-refractivity contribution in [2.45, 2.75) is 276 Å². The molecule has 0 heterocycles. The normalized spacial score (nSPS) is 12.8. The molecule has 0 aromatic carbocycles. The number of ether oxygens (including phenoxy) is 1. The van der Waals surface area contributed by atoms with Crippen LogP contribution in [0.4, 0.5) is 0 Å². The molecule has 6 nitrogen and oxygen atoms in total. The maximum Gasteiger partial charge on any atom is 0.305 e. The maximum atomic E-state index is 12.4. The SMILES string of the molecule is CCCCCC/C=C\CCCCCCCC(=O)OCCCCCCCCCCCCC(=O)NC(CO)C(O)/C=C/CCCCCCCCCCCCCCCCC. The summed E-state index contributed by atoms with van der Waals surface area (Å²) < 4.78 is 5.44. The van der Waals surface area contributed by atoms with Gasteiger partial charge in [0, 0.05) is 12.8 Å². The fraction of sp³-hybridized carbons (Fsp3) is 0.882. The van der Waals surface area contributed by atoms with Crippen LogP contribution < -0.4 is 5.32 Å². The van der Waals surface area contributed by atoms with Crippen LogP contribution in [0.3, 0.4) is 0 Å². The van der Waals surface area contributed by atoms with Gasteiger partial charge in [-0.25, -0.2) is 0 Å². The van der Waals surface area contributed by atoms with E-state index in [1.165, 1.54) is 180 Å². The van der Waals surface area contributed by atoms with E-state index >= 15 is 0 Å². The second-order valence-corrected chi connectivity index (χ2v) is 17.1. The van der Waals surface area contributed by atoms with Gasteiger partial charge in [0.2, 0.25) is 5.91 Å². The molecule has 0 aromatic heterocycles. The molecule has 0 aromatic rings. The van der Waals surface area contributed by atoms with Crippen molar-refractivity contribution in [3.05, 3.63) is 24.3 Å². The Labute approximate surface area is 354 Å². The molecule has 0 saturated heterocycles. The van der Waals surface area contributed by atoms with Crippen molar-refractivity contribution < 1.29 is 24.5 Å². The zero-order valence-corrected chi connectivity index (χ0v) is 38.1. The van der Waals surface area contributed by atoms with Gasteiger partial charge in [-0.15, -0.1) is 0 Å². The standard InChI is InChI=1S/C51H97NO5/c1-3-5-7-9-11-13-15-17-18-19-20-22-23-27-31-35-39-43-49(54)48(47-53)52-50(55)44-40-36-32-28-25-26-30-34-38-42-46-57-51(56)45-41-37-33-29-24-21-16-14-12-10-8-6-4-2/h14,16,39,43,48-49,53-54H,3-13,15,17-38,40-42,44-47H2,1-2H3,(H,52,55)/b16-14-,43-39+. The van der Waals surface area contributed by atoms with Crippen LogP contribution >= 0.6 is 0 Å². The first-order valence-electron chi connectivity index (χ1n) is 25.1. The fourth-order valence-corrected chi connectivity index (χ4v) is 7.57. The molecule has 3 N–H and O–H groups in total. The van der Waals surface area contributed by atoms with Gasteiger partial charge in [0.15, 0.2) is 0 Å².